The molecule has 0 bridgehead atoms. The van der Waals surface area contributed by atoms with Crippen LogP contribution in [-0.2, 0) is 4.79 Å². The standard InChI is InChI=1S/C7H8BClN2O3/c1-4(12)11-7-2-5(8(13)14)6(9)3-10-7/h2-3,13-14H,1H3,(H,10,11,12). The van der Waals surface area contributed by atoms with E-state index in [1.807, 2.05) is 0 Å². The minimum absolute atomic E-state index is 0.102. The number of hydrogen-bond acceptors (Lipinski definition) is 4. The lowest BCUT2D eigenvalue weighted by atomic mass is 9.81. The average Bonchev–Trinajstić information content (AvgIpc) is 2.07. The Kier molecular flexibility index (Phi) is 3.46. The molecule has 1 amide bonds. The predicted molar refractivity (Wildman–Crippen MR) is 53.4 cm³/mol. The van der Waals surface area contributed by atoms with Crippen molar-refractivity contribution >= 4 is 35.9 Å². The van der Waals surface area contributed by atoms with Crippen LogP contribution in [-0.4, -0.2) is 28.1 Å². The summed E-state index contributed by atoms with van der Waals surface area (Å²) in [5, 5.41) is 20.3. The minimum Gasteiger partial charge on any atom is -0.423 e. The van der Waals surface area contributed by atoms with E-state index in [-0.39, 0.29) is 22.2 Å². The highest BCUT2D eigenvalue weighted by atomic mass is 35.5. The van der Waals surface area contributed by atoms with Gasteiger partial charge < -0.3 is 15.4 Å². The molecule has 0 saturated carbocycles. The molecule has 1 heterocycles. The number of nitrogens with one attached hydrogen (secondary N) is 1. The zero-order valence-corrected chi connectivity index (χ0v) is 8.12. The molecule has 74 valence electrons. The minimum atomic E-state index is -1.68. The van der Waals surface area contributed by atoms with Crippen LogP contribution in [0.2, 0.25) is 5.02 Å². The summed E-state index contributed by atoms with van der Waals surface area (Å²) in [5.41, 5.74) is 0.102. The average molecular weight is 214 g/mol. The highest BCUT2D eigenvalue weighted by Crippen LogP contribution is 2.08. The Morgan fingerprint density at radius 2 is 2.29 bits per heavy atom. The fraction of sp³-hybridized carbons (Fsp3) is 0.143. The number of rotatable bonds is 2. The summed E-state index contributed by atoms with van der Waals surface area (Å²) in [6.07, 6.45) is 1.24. The first-order chi connectivity index (χ1) is 6.50. The number of halogens is 1. The van der Waals surface area contributed by atoms with Crippen LogP contribution in [0.25, 0.3) is 0 Å². The number of carbonyl (C=O) groups is 1. The molecule has 1 aromatic rings. The number of aromatic nitrogens is 1. The number of carbonyl (C=O) groups excluding carboxylic acids is 1. The number of hydrogen-bond donors (Lipinski definition) is 3. The van der Waals surface area contributed by atoms with Gasteiger partial charge in [0.15, 0.2) is 0 Å². The van der Waals surface area contributed by atoms with Crippen molar-refractivity contribution in [3.63, 3.8) is 0 Å². The van der Waals surface area contributed by atoms with Gasteiger partial charge >= 0.3 is 7.12 Å². The fourth-order valence-electron chi connectivity index (χ4n) is 0.901. The molecule has 0 atom stereocenters. The molecular formula is C7H8BClN2O3. The third-order valence-corrected chi connectivity index (χ3v) is 1.78. The van der Waals surface area contributed by atoms with Gasteiger partial charge in [0.05, 0.1) is 5.02 Å². The molecule has 14 heavy (non-hydrogen) atoms. The lowest BCUT2D eigenvalue weighted by Crippen LogP contribution is -2.31. The van der Waals surface area contributed by atoms with Gasteiger partial charge in [0.1, 0.15) is 5.82 Å². The van der Waals surface area contributed by atoms with Crippen LogP contribution in [0.4, 0.5) is 5.82 Å². The fourth-order valence-corrected chi connectivity index (χ4v) is 1.10. The van der Waals surface area contributed by atoms with Crippen molar-refractivity contribution in [3.8, 4) is 0 Å². The molecule has 1 aromatic heterocycles. The summed E-state index contributed by atoms with van der Waals surface area (Å²) in [4.78, 5) is 14.4. The zero-order chi connectivity index (χ0) is 10.7. The molecule has 7 heteroatoms. The van der Waals surface area contributed by atoms with Crippen molar-refractivity contribution < 1.29 is 14.8 Å². The third-order valence-electron chi connectivity index (χ3n) is 1.47. The smallest absolute Gasteiger partial charge is 0.423 e. The van der Waals surface area contributed by atoms with E-state index in [1.165, 1.54) is 19.2 Å². The number of pyridine rings is 1. The molecule has 1 rings (SSSR count). The predicted octanol–water partition coefficient (Wildman–Crippen LogP) is -0.627. The van der Waals surface area contributed by atoms with E-state index < -0.39 is 7.12 Å². The molecule has 0 radical (unpaired) electrons. The van der Waals surface area contributed by atoms with Gasteiger partial charge in [0.2, 0.25) is 5.91 Å². The van der Waals surface area contributed by atoms with E-state index in [4.69, 9.17) is 21.6 Å². The second-order valence-electron chi connectivity index (χ2n) is 2.65. The van der Waals surface area contributed by atoms with Crippen LogP contribution in [0.15, 0.2) is 12.3 Å². The van der Waals surface area contributed by atoms with Crippen molar-refractivity contribution in [2.75, 3.05) is 5.32 Å². The molecule has 3 N–H and O–H groups in total. The largest absolute Gasteiger partial charge is 0.490 e. The second kappa shape index (κ2) is 4.41. The maximum absolute atomic E-state index is 10.7. The molecular weight excluding hydrogens is 206 g/mol. The molecule has 0 spiro atoms. The quantitative estimate of drug-likeness (QED) is 0.573. The number of nitrogens with zero attached hydrogens (tertiary/aromatic N) is 1. The zero-order valence-electron chi connectivity index (χ0n) is 7.36. The summed E-state index contributed by atoms with van der Waals surface area (Å²) >= 11 is 5.63. The highest BCUT2D eigenvalue weighted by Gasteiger charge is 2.16. The van der Waals surface area contributed by atoms with Crippen molar-refractivity contribution in [1.82, 2.24) is 4.98 Å². The first-order valence-corrected chi connectivity index (χ1v) is 4.17. The molecule has 0 fully saturated rings. The van der Waals surface area contributed by atoms with E-state index in [1.54, 1.807) is 0 Å². The van der Waals surface area contributed by atoms with Crippen LogP contribution in [0, 0.1) is 0 Å². The van der Waals surface area contributed by atoms with Crippen LogP contribution in [0.5, 0.6) is 0 Å². The first kappa shape index (κ1) is 11.0. The van der Waals surface area contributed by atoms with E-state index in [0.29, 0.717) is 0 Å². The van der Waals surface area contributed by atoms with Gasteiger partial charge in [-0.2, -0.15) is 0 Å². The first-order valence-electron chi connectivity index (χ1n) is 3.80. The van der Waals surface area contributed by atoms with Crippen molar-refractivity contribution in [2.45, 2.75) is 6.92 Å². The number of amides is 1. The Bertz CT molecular complexity index is 359. The van der Waals surface area contributed by atoms with Crippen LogP contribution in [0.3, 0.4) is 0 Å². The highest BCUT2D eigenvalue weighted by molar-refractivity contribution is 6.62. The SMILES string of the molecule is CC(=O)Nc1cc(B(O)O)c(Cl)cn1. The lowest BCUT2D eigenvalue weighted by molar-refractivity contribution is -0.114. The van der Waals surface area contributed by atoms with Gasteiger partial charge in [-0.15, -0.1) is 0 Å². The topological polar surface area (TPSA) is 82.5 Å². The van der Waals surface area contributed by atoms with E-state index in [2.05, 4.69) is 10.3 Å². The second-order valence-corrected chi connectivity index (χ2v) is 3.05. The normalized spacial score (nSPS) is 9.71. The maximum atomic E-state index is 10.7. The van der Waals surface area contributed by atoms with Gasteiger partial charge in [-0.3, -0.25) is 4.79 Å². The van der Waals surface area contributed by atoms with E-state index >= 15 is 0 Å². The molecule has 0 aromatic carbocycles. The van der Waals surface area contributed by atoms with Crippen molar-refractivity contribution in [2.24, 2.45) is 0 Å². The van der Waals surface area contributed by atoms with Gasteiger partial charge in [-0.05, 0) is 6.07 Å². The summed E-state index contributed by atoms with van der Waals surface area (Å²) in [6.45, 7) is 1.32. The van der Waals surface area contributed by atoms with Crippen LogP contribution in [0.1, 0.15) is 6.92 Å². The van der Waals surface area contributed by atoms with Gasteiger partial charge in [0, 0.05) is 18.6 Å². The molecule has 0 aliphatic carbocycles. The van der Waals surface area contributed by atoms with Crippen LogP contribution >= 0.6 is 11.6 Å². The Hall–Kier alpha value is -1.11. The van der Waals surface area contributed by atoms with Crippen molar-refractivity contribution in [3.05, 3.63) is 17.3 Å². The monoisotopic (exact) mass is 214 g/mol. The van der Waals surface area contributed by atoms with E-state index in [0.717, 1.165) is 0 Å². The molecule has 5 nitrogen and oxygen atoms in total. The Labute approximate surface area is 85.9 Å². The summed E-state index contributed by atoms with van der Waals surface area (Å²) in [7, 11) is -1.68. The van der Waals surface area contributed by atoms with Gasteiger partial charge in [0.25, 0.3) is 0 Å². The summed E-state index contributed by atoms with van der Waals surface area (Å²) < 4.78 is 0. The maximum Gasteiger partial charge on any atom is 0.490 e. The Morgan fingerprint density at radius 3 is 2.79 bits per heavy atom. The Balaban J connectivity index is 3.00. The summed E-state index contributed by atoms with van der Waals surface area (Å²) in [6, 6.07) is 1.30. The van der Waals surface area contributed by atoms with Crippen molar-refractivity contribution in [1.29, 1.82) is 0 Å². The molecule has 0 unspecified atom stereocenters. The van der Waals surface area contributed by atoms with Crippen LogP contribution < -0.4 is 10.8 Å². The molecule has 0 aliphatic heterocycles. The third kappa shape index (κ3) is 2.70. The molecule has 0 saturated heterocycles. The Morgan fingerprint density at radius 1 is 1.64 bits per heavy atom. The van der Waals surface area contributed by atoms with Gasteiger partial charge in [-0.25, -0.2) is 4.98 Å². The molecule has 0 aliphatic rings. The summed E-state index contributed by atoms with van der Waals surface area (Å²) in [5.74, 6) is -0.0665. The van der Waals surface area contributed by atoms with E-state index in [9.17, 15) is 4.79 Å². The lowest BCUT2D eigenvalue weighted by Gasteiger charge is -2.05. The number of anilines is 1. The van der Waals surface area contributed by atoms with Gasteiger partial charge in [-0.1, -0.05) is 11.6 Å².